The smallest absolute Gasteiger partial charge is 0.308 e. The van der Waals surface area contributed by atoms with Crippen LogP contribution in [0.3, 0.4) is 0 Å². The molecule has 0 heterocycles. The minimum Gasteiger partial charge on any atom is -0.493 e. The number of aryl methyl sites for hydroxylation is 1. The zero-order valence-corrected chi connectivity index (χ0v) is 14.0. The molecule has 0 N–H and O–H groups in total. The molecule has 1 aromatic rings. The molecule has 0 unspecified atom stereocenters. The van der Waals surface area contributed by atoms with Crippen molar-refractivity contribution < 1.29 is 23.7 Å². The Morgan fingerprint density at radius 1 is 1.22 bits per heavy atom. The van der Waals surface area contributed by atoms with Crippen LogP contribution in [0.25, 0.3) is 6.08 Å². The summed E-state index contributed by atoms with van der Waals surface area (Å²) in [6.45, 7) is 5.07. The van der Waals surface area contributed by atoms with E-state index in [0.717, 1.165) is 24.0 Å². The summed E-state index contributed by atoms with van der Waals surface area (Å²) in [5.74, 6) is 1.22. The minimum atomic E-state index is -0.406. The molecule has 5 nitrogen and oxygen atoms in total. The van der Waals surface area contributed by atoms with Gasteiger partial charge < -0.3 is 18.9 Å². The predicted octanol–water partition coefficient (Wildman–Crippen LogP) is 3.52. The van der Waals surface area contributed by atoms with Crippen LogP contribution < -0.4 is 14.2 Å². The zero-order chi connectivity index (χ0) is 17.2. The van der Waals surface area contributed by atoms with Crippen LogP contribution in [0, 0.1) is 0 Å². The van der Waals surface area contributed by atoms with Crippen molar-refractivity contribution in [3.63, 3.8) is 0 Å². The Morgan fingerprint density at radius 3 is 2.43 bits per heavy atom. The van der Waals surface area contributed by atoms with E-state index in [2.05, 4.69) is 12.3 Å². The van der Waals surface area contributed by atoms with Gasteiger partial charge in [0.05, 0.1) is 21.3 Å². The van der Waals surface area contributed by atoms with Crippen LogP contribution in [0.4, 0.5) is 0 Å². The summed E-state index contributed by atoms with van der Waals surface area (Å²) in [5, 5.41) is 0. The highest BCUT2D eigenvalue weighted by Crippen LogP contribution is 2.42. The molecule has 0 aliphatic rings. The Balaban J connectivity index is 3.44. The van der Waals surface area contributed by atoms with Crippen molar-refractivity contribution in [2.24, 2.45) is 0 Å². The van der Waals surface area contributed by atoms with Gasteiger partial charge in [0.2, 0.25) is 5.75 Å². The Labute approximate surface area is 136 Å². The number of benzene rings is 1. The first kappa shape index (κ1) is 18.4. The number of esters is 1. The fourth-order valence-corrected chi connectivity index (χ4v) is 2.09. The highest BCUT2D eigenvalue weighted by Gasteiger charge is 2.18. The number of methoxy groups -OCH3 is 3. The van der Waals surface area contributed by atoms with E-state index in [4.69, 9.17) is 18.9 Å². The van der Waals surface area contributed by atoms with E-state index in [1.165, 1.54) is 13.2 Å². The minimum absolute atomic E-state index is 0.406. The highest BCUT2D eigenvalue weighted by atomic mass is 16.5. The van der Waals surface area contributed by atoms with Gasteiger partial charge >= 0.3 is 5.97 Å². The first-order valence-corrected chi connectivity index (χ1v) is 7.09. The topological polar surface area (TPSA) is 54.0 Å². The number of rotatable bonds is 8. The molecule has 1 aromatic carbocycles. The SMILES string of the molecule is C=CCCc1cc(OC)c(OC)c(OC)c1C=C=COC(C)=O. The van der Waals surface area contributed by atoms with Gasteiger partial charge in [0.25, 0.3) is 0 Å². The number of allylic oxidation sites excluding steroid dienone is 1. The third-order valence-corrected chi connectivity index (χ3v) is 3.09. The Kier molecular flexibility index (Phi) is 7.51. The summed E-state index contributed by atoms with van der Waals surface area (Å²) in [7, 11) is 4.68. The standard InChI is InChI=1S/C18H22O5/c1-6-7-9-14-12-16(20-3)18(22-5)17(21-4)15(14)10-8-11-23-13(2)19/h6,10-12H,1,7,9H2,2-5H3. The second kappa shape index (κ2) is 9.38. The fraction of sp³-hybridized carbons (Fsp3) is 0.333. The maximum atomic E-state index is 10.8. The van der Waals surface area contributed by atoms with Crippen molar-refractivity contribution in [3.05, 3.63) is 41.8 Å². The molecule has 124 valence electrons. The van der Waals surface area contributed by atoms with Gasteiger partial charge in [0.15, 0.2) is 11.5 Å². The molecule has 0 atom stereocenters. The van der Waals surface area contributed by atoms with Crippen molar-refractivity contribution in [1.82, 2.24) is 0 Å². The Morgan fingerprint density at radius 2 is 1.91 bits per heavy atom. The highest BCUT2D eigenvalue weighted by molar-refractivity contribution is 5.70. The summed E-state index contributed by atoms with van der Waals surface area (Å²) >= 11 is 0. The average Bonchev–Trinajstić information content (AvgIpc) is 2.55. The van der Waals surface area contributed by atoms with Gasteiger partial charge in [-0.25, -0.2) is 0 Å². The first-order valence-electron chi connectivity index (χ1n) is 7.09. The quantitative estimate of drug-likeness (QED) is 0.318. The van der Waals surface area contributed by atoms with Crippen LogP contribution in [0.2, 0.25) is 0 Å². The summed E-state index contributed by atoms with van der Waals surface area (Å²) < 4.78 is 21.0. The Bertz CT molecular complexity index is 625. The average molecular weight is 318 g/mol. The van der Waals surface area contributed by atoms with E-state index in [1.807, 2.05) is 12.1 Å². The Hall–Kier alpha value is -2.65. The van der Waals surface area contributed by atoms with Crippen LogP contribution in [0.5, 0.6) is 17.2 Å². The monoisotopic (exact) mass is 318 g/mol. The van der Waals surface area contributed by atoms with Crippen molar-refractivity contribution in [3.8, 4) is 17.2 Å². The van der Waals surface area contributed by atoms with Crippen molar-refractivity contribution in [2.45, 2.75) is 19.8 Å². The molecule has 1 rings (SSSR count). The van der Waals surface area contributed by atoms with Crippen LogP contribution in [-0.2, 0) is 16.0 Å². The van der Waals surface area contributed by atoms with Gasteiger partial charge in [-0.15, -0.1) is 6.58 Å². The van der Waals surface area contributed by atoms with Crippen LogP contribution in [0.1, 0.15) is 24.5 Å². The maximum Gasteiger partial charge on any atom is 0.308 e. The molecule has 0 aromatic heterocycles. The maximum absolute atomic E-state index is 10.8. The van der Waals surface area contributed by atoms with Crippen molar-refractivity contribution in [2.75, 3.05) is 21.3 Å². The van der Waals surface area contributed by atoms with E-state index in [9.17, 15) is 4.79 Å². The third kappa shape index (κ3) is 4.94. The second-order valence-electron chi connectivity index (χ2n) is 4.58. The van der Waals surface area contributed by atoms with Gasteiger partial charge in [0, 0.05) is 12.5 Å². The van der Waals surface area contributed by atoms with Gasteiger partial charge in [0.1, 0.15) is 6.26 Å². The molecule has 0 fully saturated rings. The number of carbonyl (C=O) groups excluding carboxylic acids is 1. The molecule has 0 radical (unpaired) electrons. The lowest BCUT2D eigenvalue weighted by molar-refractivity contribution is -0.135. The molecule has 5 heteroatoms. The molecule has 0 aliphatic carbocycles. The van der Waals surface area contributed by atoms with Gasteiger partial charge in [-0.05, 0) is 30.5 Å². The summed E-state index contributed by atoms with van der Waals surface area (Å²) in [5.41, 5.74) is 4.59. The molecule has 0 aliphatic heterocycles. The fourth-order valence-electron chi connectivity index (χ4n) is 2.09. The normalized spacial score (nSPS) is 9.39. The summed E-state index contributed by atoms with van der Waals surface area (Å²) in [6.07, 6.45) is 6.28. The molecule has 0 spiro atoms. The van der Waals surface area contributed by atoms with Gasteiger partial charge in [-0.3, -0.25) is 4.79 Å². The summed E-state index contributed by atoms with van der Waals surface area (Å²) in [6, 6.07) is 1.89. The largest absolute Gasteiger partial charge is 0.493 e. The molecule has 23 heavy (non-hydrogen) atoms. The van der Waals surface area contributed by atoms with E-state index >= 15 is 0 Å². The van der Waals surface area contributed by atoms with Gasteiger partial charge in [-0.1, -0.05) is 11.8 Å². The molecule has 0 saturated carbocycles. The zero-order valence-electron chi connectivity index (χ0n) is 14.0. The van der Waals surface area contributed by atoms with Crippen LogP contribution >= 0.6 is 0 Å². The predicted molar refractivity (Wildman–Crippen MR) is 88.9 cm³/mol. The van der Waals surface area contributed by atoms with E-state index < -0.39 is 5.97 Å². The van der Waals surface area contributed by atoms with Crippen LogP contribution in [-0.4, -0.2) is 27.3 Å². The van der Waals surface area contributed by atoms with Gasteiger partial charge in [-0.2, -0.15) is 0 Å². The van der Waals surface area contributed by atoms with E-state index in [1.54, 1.807) is 27.4 Å². The number of hydrogen-bond donors (Lipinski definition) is 0. The molecule has 0 saturated heterocycles. The number of ether oxygens (including phenoxy) is 4. The second-order valence-corrected chi connectivity index (χ2v) is 4.58. The summed E-state index contributed by atoms with van der Waals surface area (Å²) in [4.78, 5) is 10.8. The third-order valence-electron chi connectivity index (χ3n) is 3.09. The van der Waals surface area contributed by atoms with Crippen molar-refractivity contribution in [1.29, 1.82) is 0 Å². The van der Waals surface area contributed by atoms with E-state index in [0.29, 0.717) is 17.2 Å². The molecular formula is C18H22O5. The van der Waals surface area contributed by atoms with Crippen molar-refractivity contribution >= 4 is 12.0 Å². The molecule has 0 bridgehead atoms. The number of carbonyl (C=O) groups is 1. The van der Waals surface area contributed by atoms with Crippen LogP contribution in [0.15, 0.2) is 30.7 Å². The lowest BCUT2D eigenvalue weighted by Crippen LogP contribution is -2.01. The lowest BCUT2D eigenvalue weighted by atomic mass is 10.00. The first-order chi connectivity index (χ1) is 11.1. The lowest BCUT2D eigenvalue weighted by Gasteiger charge is -2.17. The number of hydrogen-bond acceptors (Lipinski definition) is 5. The molecule has 0 amide bonds. The van der Waals surface area contributed by atoms with E-state index in [-0.39, 0.29) is 0 Å². The molecular weight excluding hydrogens is 296 g/mol.